The predicted molar refractivity (Wildman–Crippen MR) is 61.7 cm³/mol. The Morgan fingerprint density at radius 2 is 1.83 bits per heavy atom. The minimum absolute atomic E-state index is 0.258. The summed E-state index contributed by atoms with van der Waals surface area (Å²) in [5.74, 6) is -4.26. The molecule has 8 nitrogen and oxygen atoms in total. The number of carbonyl (C=O) groups excluding carboxylic acids is 1. The molecule has 0 bridgehead atoms. The summed E-state index contributed by atoms with van der Waals surface area (Å²) in [6.07, 6.45) is -0.672. The Labute approximate surface area is 104 Å². The first-order valence-electron chi connectivity index (χ1n) is 5.17. The van der Waals surface area contributed by atoms with E-state index in [2.05, 4.69) is 5.32 Å². The van der Waals surface area contributed by atoms with E-state index in [1.54, 1.807) is 0 Å². The van der Waals surface area contributed by atoms with Gasteiger partial charge in [0.2, 0.25) is 5.91 Å². The van der Waals surface area contributed by atoms with E-state index in [1.165, 1.54) is 6.92 Å². The van der Waals surface area contributed by atoms with Crippen molar-refractivity contribution in [1.29, 1.82) is 0 Å². The van der Waals surface area contributed by atoms with Crippen LogP contribution in [-0.4, -0.2) is 45.2 Å². The molecule has 4 N–H and O–H groups in total. The number of rotatable bonds is 8. The van der Waals surface area contributed by atoms with Gasteiger partial charge in [-0.05, 0) is 6.42 Å². The van der Waals surface area contributed by atoms with Gasteiger partial charge in [-0.15, -0.1) is 0 Å². The average Bonchev–Trinajstić information content (AvgIpc) is 2.20. The lowest BCUT2D eigenvalue weighted by Crippen LogP contribution is -2.37. The number of nitrogens with one attached hydrogen (secondary N) is 1. The topological polar surface area (TPSA) is 141 Å². The Balaban J connectivity index is 4.76. The van der Waals surface area contributed by atoms with Crippen LogP contribution >= 0.6 is 8.03 Å². The first kappa shape index (κ1) is 16.6. The van der Waals surface area contributed by atoms with E-state index < -0.39 is 43.9 Å². The van der Waals surface area contributed by atoms with E-state index in [0.717, 1.165) is 0 Å². The predicted octanol–water partition coefficient (Wildman–Crippen LogP) is -0.476. The average molecular weight is 281 g/mol. The Kier molecular flexibility index (Phi) is 7.23. The maximum atomic E-state index is 11.1. The van der Waals surface area contributed by atoms with Crippen molar-refractivity contribution in [2.75, 3.05) is 6.54 Å². The van der Waals surface area contributed by atoms with E-state index >= 15 is 0 Å². The first-order chi connectivity index (χ1) is 8.25. The fourth-order valence-electron chi connectivity index (χ4n) is 1.43. The van der Waals surface area contributed by atoms with Crippen molar-refractivity contribution in [3.8, 4) is 0 Å². The normalized spacial score (nSPS) is 15.4. The molecule has 0 aromatic carbocycles. The molecule has 0 radical (unpaired) electrons. The third kappa shape index (κ3) is 6.36. The molecule has 104 valence electrons. The molecule has 0 aliphatic carbocycles. The van der Waals surface area contributed by atoms with Gasteiger partial charge in [-0.2, -0.15) is 0 Å². The third-order valence-corrected chi connectivity index (χ3v) is 3.60. The molecule has 3 unspecified atom stereocenters. The maximum absolute atomic E-state index is 11.1. The summed E-state index contributed by atoms with van der Waals surface area (Å²) < 4.78 is 11.1. The zero-order chi connectivity index (χ0) is 14.3. The Hall–Kier alpha value is -1.40. The number of carboxylic acid groups (broad SMARTS) is 2. The summed E-state index contributed by atoms with van der Waals surface area (Å²) in [5.41, 5.74) is -1.17. The molecule has 0 saturated heterocycles. The highest BCUT2D eigenvalue weighted by molar-refractivity contribution is 7.39. The van der Waals surface area contributed by atoms with Gasteiger partial charge >= 0.3 is 11.9 Å². The van der Waals surface area contributed by atoms with Crippen LogP contribution in [0.25, 0.3) is 0 Å². The monoisotopic (exact) mass is 281 g/mol. The number of carbonyl (C=O) groups is 3. The third-order valence-electron chi connectivity index (χ3n) is 2.36. The van der Waals surface area contributed by atoms with Crippen molar-refractivity contribution in [1.82, 2.24) is 5.32 Å². The fourth-order valence-corrected chi connectivity index (χ4v) is 2.36. The lowest BCUT2D eigenvalue weighted by molar-refractivity contribution is -0.143. The van der Waals surface area contributed by atoms with Gasteiger partial charge in [0, 0.05) is 19.9 Å². The summed E-state index contributed by atoms with van der Waals surface area (Å²) in [6, 6.07) is 0. The van der Waals surface area contributed by atoms with E-state index in [9.17, 15) is 18.9 Å². The second-order valence-electron chi connectivity index (χ2n) is 3.76. The van der Waals surface area contributed by atoms with Gasteiger partial charge in [0.15, 0.2) is 8.03 Å². The van der Waals surface area contributed by atoms with E-state index in [1.807, 2.05) is 0 Å². The molecular formula is C9H16NO7P. The van der Waals surface area contributed by atoms with Gasteiger partial charge < -0.3 is 20.4 Å². The molecule has 1 amide bonds. The molecule has 3 atom stereocenters. The molecule has 0 aliphatic rings. The molecular weight excluding hydrogens is 265 g/mol. The first-order valence-corrected chi connectivity index (χ1v) is 6.60. The Morgan fingerprint density at radius 1 is 1.28 bits per heavy atom. The van der Waals surface area contributed by atoms with Crippen LogP contribution in [0.1, 0.15) is 19.8 Å². The van der Waals surface area contributed by atoms with Crippen LogP contribution < -0.4 is 5.32 Å². The van der Waals surface area contributed by atoms with Crippen LogP contribution in [-0.2, 0) is 18.9 Å². The number of hydrogen-bond donors (Lipinski definition) is 4. The summed E-state index contributed by atoms with van der Waals surface area (Å²) >= 11 is 0. The second-order valence-corrected chi connectivity index (χ2v) is 5.18. The largest absolute Gasteiger partial charge is 0.481 e. The molecule has 0 rings (SSSR count). The van der Waals surface area contributed by atoms with Crippen LogP contribution in [0.4, 0.5) is 0 Å². The van der Waals surface area contributed by atoms with Gasteiger partial charge in [0.25, 0.3) is 0 Å². The molecule has 0 aromatic rings. The number of carboxylic acids is 2. The molecule has 0 heterocycles. The van der Waals surface area contributed by atoms with Crippen LogP contribution in [0.15, 0.2) is 0 Å². The van der Waals surface area contributed by atoms with Crippen molar-refractivity contribution in [2.24, 2.45) is 5.92 Å². The smallest absolute Gasteiger partial charge is 0.307 e. The molecule has 18 heavy (non-hydrogen) atoms. The van der Waals surface area contributed by atoms with Gasteiger partial charge in [-0.1, -0.05) is 0 Å². The summed E-state index contributed by atoms with van der Waals surface area (Å²) in [5, 5.41) is 19.7. The summed E-state index contributed by atoms with van der Waals surface area (Å²) in [4.78, 5) is 41.2. The molecule has 0 fully saturated rings. The zero-order valence-corrected chi connectivity index (χ0v) is 10.8. The minimum atomic E-state index is -3.20. The molecule has 0 aliphatic heterocycles. The van der Waals surface area contributed by atoms with Crippen LogP contribution in [0, 0.1) is 5.92 Å². The van der Waals surface area contributed by atoms with Crippen LogP contribution in [0.3, 0.4) is 0 Å². The van der Waals surface area contributed by atoms with E-state index in [0.29, 0.717) is 0 Å². The number of amides is 1. The lowest BCUT2D eigenvalue weighted by Gasteiger charge is -2.21. The van der Waals surface area contributed by atoms with E-state index in [4.69, 9.17) is 15.1 Å². The molecule has 0 spiro atoms. The molecule has 0 aromatic heterocycles. The van der Waals surface area contributed by atoms with Crippen LogP contribution in [0.5, 0.6) is 0 Å². The lowest BCUT2D eigenvalue weighted by atomic mass is 9.99. The van der Waals surface area contributed by atoms with Crippen molar-refractivity contribution in [3.63, 3.8) is 0 Å². The van der Waals surface area contributed by atoms with Gasteiger partial charge in [-0.3, -0.25) is 18.9 Å². The van der Waals surface area contributed by atoms with E-state index in [-0.39, 0.29) is 13.0 Å². The maximum Gasteiger partial charge on any atom is 0.307 e. The Bertz CT molecular complexity index is 323. The van der Waals surface area contributed by atoms with Crippen molar-refractivity contribution < 1.29 is 34.1 Å². The molecule has 0 saturated carbocycles. The SMILES string of the molecule is CC(=O)NCC(C(CCC(=O)O)C(=O)O)[PH](=O)O. The van der Waals surface area contributed by atoms with Crippen molar-refractivity contribution >= 4 is 25.9 Å². The highest BCUT2D eigenvalue weighted by Crippen LogP contribution is 2.31. The van der Waals surface area contributed by atoms with Crippen molar-refractivity contribution in [3.05, 3.63) is 0 Å². The summed E-state index contributed by atoms with van der Waals surface area (Å²) in [7, 11) is -3.20. The Morgan fingerprint density at radius 3 is 2.17 bits per heavy atom. The minimum Gasteiger partial charge on any atom is -0.481 e. The highest BCUT2D eigenvalue weighted by atomic mass is 31.1. The summed E-state index contributed by atoms with van der Waals surface area (Å²) in [6.45, 7) is 0.929. The van der Waals surface area contributed by atoms with Crippen LogP contribution in [0.2, 0.25) is 0 Å². The fraction of sp³-hybridized carbons (Fsp3) is 0.667. The van der Waals surface area contributed by atoms with Gasteiger partial charge in [0.1, 0.15) is 0 Å². The quantitative estimate of drug-likeness (QED) is 0.440. The highest BCUT2D eigenvalue weighted by Gasteiger charge is 2.32. The second kappa shape index (κ2) is 7.84. The number of hydrogen-bond acceptors (Lipinski definition) is 4. The standard InChI is InChI=1S/C9H16NO7P/c1-5(11)10-4-7(18(16)17)6(9(14)15)2-3-8(12)13/h6-7,18H,2-4H2,1H3,(H,10,11)(H,12,13)(H,14,15)(H,16,17). The van der Waals surface area contributed by atoms with Gasteiger partial charge in [0.05, 0.1) is 11.6 Å². The molecule has 9 heteroatoms. The van der Waals surface area contributed by atoms with Crippen molar-refractivity contribution in [2.45, 2.75) is 25.4 Å². The number of aliphatic carboxylic acids is 2. The zero-order valence-electron chi connectivity index (χ0n) is 9.75. The van der Waals surface area contributed by atoms with Gasteiger partial charge in [-0.25, -0.2) is 0 Å².